The molecule has 0 aliphatic rings. The Hall–Kier alpha value is -2.80. The maximum absolute atomic E-state index is 11.8. The van der Waals surface area contributed by atoms with Gasteiger partial charge in [0.15, 0.2) is 6.61 Å². The molecule has 4 nitrogen and oxygen atoms in total. The Morgan fingerprint density at radius 3 is 2.50 bits per heavy atom. The summed E-state index contributed by atoms with van der Waals surface area (Å²) in [5.41, 5.74) is 3.87. The Labute approximate surface area is 130 Å². The van der Waals surface area contributed by atoms with Gasteiger partial charge in [0.1, 0.15) is 5.75 Å². The second kappa shape index (κ2) is 7.28. The molecular formula is C18H18N2O2. The molecule has 22 heavy (non-hydrogen) atoms. The zero-order chi connectivity index (χ0) is 15.9. The van der Waals surface area contributed by atoms with Crippen molar-refractivity contribution in [2.75, 3.05) is 6.61 Å². The fourth-order valence-corrected chi connectivity index (χ4v) is 1.90. The average molecular weight is 294 g/mol. The number of nitrogens with one attached hydrogen (secondary N) is 1. The number of rotatable bonds is 5. The van der Waals surface area contributed by atoms with Gasteiger partial charge in [-0.2, -0.15) is 5.26 Å². The fraction of sp³-hybridized carbons (Fsp3) is 0.222. The van der Waals surface area contributed by atoms with Gasteiger partial charge < -0.3 is 10.1 Å². The number of aryl methyl sites for hydroxylation is 2. The second-order valence-corrected chi connectivity index (χ2v) is 5.12. The van der Waals surface area contributed by atoms with E-state index in [1.165, 1.54) is 5.56 Å². The molecule has 0 aromatic heterocycles. The molecule has 0 unspecified atom stereocenters. The number of nitriles is 1. The highest BCUT2D eigenvalue weighted by molar-refractivity contribution is 5.77. The first kappa shape index (κ1) is 15.6. The summed E-state index contributed by atoms with van der Waals surface area (Å²) in [5.74, 6) is 0.513. The van der Waals surface area contributed by atoms with Crippen LogP contribution < -0.4 is 10.1 Å². The highest BCUT2D eigenvalue weighted by atomic mass is 16.5. The maximum atomic E-state index is 11.8. The first-order valence-corrected chi connectivity index (χ1v) is 7.04. The minimum Gasteiger partial charge on any atom is -0.484 e. The van der Waals surface area contributed by atoms with Gasteiger partial charge in [0, 0.05) is 6.54 Å². The molecule has 2 rings (SSSR count). The topological polar surface area (TPSA) is 62.1 Å². The first-order chi connectivity index (χ1) is 10.6. The van der Waals surface area contributed by atoms with E-state index in [1.807, 2.05) is 44.2 Å². The van der Waals surface area contributed by atoms with E-state index in [4.69, 9.17) is 10.00 Å². The summed E-state index contributed by atoms with van der Waals surface area (Å²) in [5, 5.41) is 11.5. The number of carbonyl (C=O) groups is 1. The summed E-state index contributed by atoms with van der Waals surface area (Å²) in [4.78, 5) is 11.8. The van der Waals surface area contributed by atoms with Crippen LogP contribution in [-0.4, -0.2) is 12.5 Å². The fourth-order valence-electron chi connectivity index (χ4n) is 1.90. The lowest BCUT2D eigenvalue weighted by Gasteiger charge is -2.09. The highest BCUT2D eigenvalue weighted by Gasteiger charge is 2.04. The lowest BCUT2D eigenvalue weighted by Crippen LogP contribution is -2.28. The Balaban J connectivity index is 1.80. The minimum absolute atomic E-state index is 0.0151. The minimum atomic E-state index is -0.178. The van der Waals surface area contributed by atoms with E-state index in [0.29, 0.717) is 17.9 Å². The Kier molecular flexibility index (Phi) is 5.16. The normalized spacial score (nSPS) is 9.86. The predicted molar refractivity (Wildman–Crippen MR) is 84.4 cm³/mol. The molecule has 2 aromatic carbocycles. The van der Waals surface area contributed by atoms with E-state index < -0.39 is 0 Å². The predicted octanol–water partition coefficient (Wildman–Crippen LogP) is 2.87. The third-order valence-electron chi connectivity index (χ3n) is 3.42. The van der Waals surface area contributed by atoms with Crippen LogP contribution >= 0.6 is 0 Å². The summed E-state index contributed by atoms with van der Waals surface area (Å²) >= 11 is 0. The van der Waals surface area contributed by atoms with Crippen LogP contribution in [0, 0.1) is 25.2 Å². The van der Waals surface area contributed by atoms with E-state index in [0.717, 1.165) is 11.1 Å². The summed E-state index contributed by atoms with van der Waals surface area (Å²) in [6, 6.07) is 14.9. The first-order valence-electron chi connectivity index (χ1n) is 7.04. The van der Waals surface area contributed by atoms with E-state index in [-0.39, 0.29) is 12.5 Å². The molecule has 0 spiro atoms. The van der Waals surface area contributed by atoms with Gasteiger partial charge in [0.2, 0.25) is 0 Å². The smallest absolute Gasteiger partial charge is 0.258 e. The lowest BCUT2D eigenvalue weighted by atomic mass is 10.1. The van der Waals surface area contributed by atoms with Crippen molar-refractivity contribution >= 4 is 5.91 Å². The van der Waals surface area contributed by atoms with Gasteiger partial charge in [-0.05, 0) is 54.8 Å². The van der Waals surface area contributed by atoms with Gasteiger partial charge in [-0.15, -0.1) is 0 Å². The number of amides is 1. The number of carbonyl (C=O) groups excluding carboxylic acids is 1. The van der Waals surface area contributed by atoms with Crippen molar-refractivity contribution in [1.29, 1.82) is 5.26 Å². The van der Waals surface area contributed by atoms with Crippen molar-refractivity contribution in [1.82, 2.24) is 5.32 Å². The molecule has 0 fully saturated rings. The molecule has 0 heterocycles. The van der Waals surface area contributed by atoms with E-state index >= 15 is 0 Å². The SMILES string of the molecule is Cc1ccc(OCC(=O)NCc2ccc(C#N)cc2)cc1C. The molecule has 1 N–H and O–H groups in total. The zero-order valence-corrected chi connectivity index (χ0v) is 12.7. The van der Waals surface area contributed by atoms with Crippen LogP contribution in [0.3, 0.4) is 0 Å². The van der Waals surface area contributed by atoms with Crippen molar-refractivity contribution in [2.24, 2.45) is 0 Å². The van der Waals surface area contributed by atoms with Gasteiger partial charge in [-0.25, -0.2) is 0 Å². The van der Waals surface area contributed by atoms with Crippen LogP contribution in [-0.2, 0) is 11.3 Å². The molecule has 0 saturated heterocycles. The third-order valence-corrected chi connectivity index (χ3v) is 3.42. The summed E-state index contributed by atoms with van der Waals surface area (Å²) in [6.45, 7) is 4.44. The van der Waals surface area contributed by atoms with Crippen molar-refractivity contribution in [3.8, 4) is 11.8 Å². The molecule has 0 aliphatic heterocycles. The molecule has 4 heteroatoms. The molecule has 0 aliphatic carbocycles. The van der Waals surface area contributed by atoms with Crippen molar-refractivity contribution in [3.63, 3.8) is 0 Å². The zero-order valence-electron chi connectivity index (χ0n) is 12.7. The van der Waals surface area contributed by atoms with Gasteiger partial charge >= 0.3 is 0 Å². The van der Waals surface area contributed by atoms with Crippen LogP contribution in [0.25, 0.3) is 0 Å². The molecule has 1 amide bonds. The van der Waals surface area contributed by atoms with Crippen LogP contribution in [0.5, 0.6) is 5.75 Å². The lowest BCUT2D eigenvalue weighted by molar-refractivity contribution is -0.123. The molecule has 0 atom stereocenters. The van der Waals surface area contributed by atoms with E-state index in [1.54, 1.807) is 12.1 Å². The molecular weight excluding hydrogens is 276 g/mol. The number of benzene rings is 2. The van der Waals surface area contributed by atoms with Crippen molar-refractivity contribution < 1.29 is 9.53 Å². The summed E-state index contributed by atoms with van der Waals surface area (Å²) in [7, 11) is 0. The largest absolute Gasteiger partial charge is 0.484 e. The standard InChI is InChI=1S/C18H18N2O2/c1-13-3-8-17(9-14(13)2)22-12-18(21)20-11-16-6-4-15(10-19)5-7-16/h3-9H,11-12H2,1-2H3,(H,20,21). The monoisotopic (exact) mass is 294 g/mol. The molecule has 112 valence electrons. The van der Waals surface area contributed by atoms with Crippen LogP contribution in [0.4, 0.5) is 0 Å². The van der Waals surface area contributed by atoms with Gasteiger partial charge in [-0.1, -0.05) is 18.2 Å². The quantitative estimate of drug-likeness (QED) is 0.922. The van der Waals surface area contributed by atoms with Crippen LogP contribution in [0.2, 0.25) is 0 Å². The average Bonchev–Trinajstić information content (AvgIpc) is 2.54. The Bertz CT molecular complexity index is 700. The highest BCUT2D eigenvalue weighted by Crippen LogP contribution is 2.16. The van der Waals surface area contributed by atoms with Crippen LogP contribution in [0.15, 0.2) is 42.5 Å². The second-order valence-electron chi connectivity index (χ2n) is 5.12. The summed E-state index contributed by atoms with van der Waals surface area (Å²) in [6.07, 6.45) is 0. The number of hydrogen-bond acceptors (Lipinski definition) is 3. The van der Waals surface area contributed by atoms with Crippen molar-refractivity contribution in [3.05, 3.63) is 64.7 Å². The summed E-state index contributed by atoms with van der Waals surface area (Å²) < 4.78 is 5.47. The Morgan fingerprint density at radius 1 is 1.14 bits per heavy atom. The molecule has 0 bridgehead atoms. The maximum Gasteiger partial charge on any atom is 0.258 e. The van der Waals surface area contributed by atoms with Gasteiger partial charge in [0.25, 0.3) is 5.91 Å². The van der Waals surface area contributed by atoms with E-state index in [2.05, 4.69) is 11.4 Å². The van der Waals surface area contributed by atoms with Gasteiger partial charge in [0.05, 0.1) is 11.6 Å². The third kappa shape index (κ3) is 4.35. The van der Waals surface area contributed by atoms with Crippen molar-refractivity contribution in [2.45, 2.75) is 20.4 Å². The number of hydrogen-bond donors (Lipinski definition) is 1. The molecule has 2 aromatic rings. The number of ether oxygens (including phenoxy) is 1. The molecule has 0 radical (unpaired) electrons. The van der Waals surface area contributed by atoms with E-state index in [9.17, 15) is 4.79 Å². The molecule has 0 saturated carbocycles. The number of nitrogens with zero attached hydrogens (tertiary/aromatic N) is 1. The Morgan fingerprint density at radius 2 is 1.86 bits per heavy atom. The van der Waals surface area contributed by atoms with Gasteiger partial charge in [-0.3, -0.25) is 4.79 Å². The van der Waals surface area contributed by atoms with Crippen LogP contribution in [0.1, 0.15) is 22.3 Å².